The molecule has 0 aliphatic carbocycles. The maximum atomic E-state index is 14.0. The molecule has 1 amide bonds. The highest BCUT2D eigenvalue weighted by Crippen LogP contribution is 2.53. The molecule has 0 saturated carbocycles. The number of hydroxylamine groups is 1. The van der Waals surface area contributed by atoms with Gasteiger partial charge in [-0.05, 0) is 48.7 Å². The molecular weight excluding hydrogens is 367 g/mol. The van der Waals surface area contributed by atoms with E-state index in [1.54, 1.807) is 48.4 Å². The largest absolute Gasteiger partial charge is 0.497 e. The van der Waals surface area contributed by atoms with Crippen molar-refractivity contribution in [3.63, 3.8) is 0 Å². The SMILES string of the molecule is CCO[P@](=O)(c1ccc(OC)cc1)N1Cc2ccccc2CC1C(=O)NO. The van der Waals surface area contributed by atoms with Crippen LogP contribution in [0.4, 0.5) is 0 Å². The van der Waals surface area contributed by atoms with Crippen LogP contribution in [-0.4, -0.2) is 35.5 Å². The predicted octanol–water partition coefficient (Wildman–Crippen LogP) is 2.48. The first-order valence-corrected chi connectivity index (χ1v) is 10.3. The molecule has 1 unspecified atom stereocenters. The third-order valence-corrected chi connectivity index (χ3v) is 7.33. The molecule has 2 aromatic carbocycles. The average Bonchev–Trinajstić information content (AvgIpc) is 2.72. The molecule has 2 N–H and O–H groups in total. The lowest BCUT2D eigenvalue weighted by molar-refractivity contribution is -0.133. The number of rotatable bonds is 6. The van der Waals surface area contributed by atoms with Crippen molar-refractivity contribution in [2.75, 3.05) is 13.7 Å². The molecule has 7 nitrogen and oxygen atoms in total. The van der Waals surface area contributed by atoms with Gasteiger partial charge in [-0.2, -0.15) is 0 Å². The molecule has 2 atom stereocenters. The van der Waals surface area contributed by atoms with Crippen LogP contribution in [0, 0.1) is 0 Å². The fourth-order valence-electron chi connectivity index (χ4n) is 3.33. The van der Waals surface area contributed by atoms with Crippen LogP contribution in [-0.2, 0) is 26.8 Å². The first kappa shape index (κ1) is 19.6. The van der Waals surface area contributed by atoms with Gasteiger partial charge in [0.15, 0.2) is 0 Å². The van der Waals surface area contributed by atoms with Gasteiger partial charge in [-0.3, -0.25) is 14.6 Å². The summed E-state index contributed by atoms with van der Waals surface area (Å²) in [6, 6.07) is 13.6. The van der Waals surface area contributed by atoms with Gasteiger partial charge in [0.1, 0.15) is 11.8 Å². The molecule has 1 heterocycles. The van der Waals surface area contributed by atoms with Crippen LogP contribution in [0.1, 0.15) is 18.1 Å². The Bertz CT molecular complexity index is 855. The summed E-state index contributed by atoms with van der Waals surface area (Å²) in [6.45, 7) is 2.25. The second-order valence-electron chi connectivity index (χ2n) is 6.20. The van der Waals surface area contributed by atoms with Gasteiger partial charge in [0, 0.05) is 6.54 Å². The number of methoxy groups -OCH3 is 1. The fraction of sp³-hybridized carbons (Fsp3) is 0.316. The molecule has 3 rings (SSSR count). The Kier molecular flexibility index (Phi) is 5.97. The van der Waals surface area contributed by atoms with Crippen molar-refractivity contribution in [1.29, 1.82) is 0 Å². The number of nitrogens with one attached hydrogen (secondary N) is 1. The fourth-order valence-corrected chi connectivity index (χ4v) is 5.69. The Hall–Kier alpha value is -2.18. The Labute approximate surface area is 158 Å². The van der Waals surface area contributed by atoms with Gasteiger partial charge in [0.25, 0.3) is 5.91 Å². The molecule has 0 spiro atoms. The lowest BCUT2D eigenvalue weighted by Gasteiger charge is -2.39. The highest BCUT2D eigenvalue weighted by atomic mass is 31.2. The van der Waals surface area contributed by atoms with E-state index in [0.29, 0.717) is 17.5 Å². The van der Waals surface area contributed by atoms with E-state index >= 15 is 0 Å². The summed E-state index contributed by atoms with van der Waals surface area (Å²) in [7, 11) is -1.99. The van der Waals surface area contributed by atoms with Gasteiger partial charge in [0.2, 0.25) is 0 Å². The Morgan fingerprint density at radius 3 is 2.48 bits per heavy atom. The van der Waals surface area contributed by atoms with Crippen molar-refractivity contribution in [2.45, 2.75) is 25.9 Å². The number of nitrogens with zero attached hydrogens (tertiary/aromatic N) is 1. The Morgan fingerprint density at radius 2 is 1.89 bits per heavy atom. The van der Waals surface area contributed by atoms with Crippen molar-refractivity contribution in [3.05, 3.63) is 59.7 Å². The molecular formula is C19H23N2O5P. The quantitative estimate of drug-likeness (QED) is 0.448. The standard InChI is InChI=1S/C19H23N2O5P/c1-3-26-27(24,17-10-8-16(25-2)9-11-17)21-13-15-7-5-4-6-14(15)12-18(21)19(22)20-23/h4-11,18,23H,3,12-13H2,1-2H3,(H,20,22)/t18?,27-/m1/s1. The van der Waals surface area contributed by atoms with Gasteiger partial charge < -0.3 is 9.26 Å². The second-order valence-corrected chi connectivity index (χ2v) is 8.53. The summed E-state index contributed by atoms with van der Waals surface area (Å²) in [6.07, 6.45) is 0.329. The van der Waals surface area contributed by atoms with Gasteiger partial charge in [-0.15, -0.1) is 0 Å². The maximum Gasteiger partial charge on any atom is 0.303 e. The van der Waals surface area contributed by atoms with Crippen molar-refractivity contribution in [1.82, 2.24) is 10.2 Å². The second kappa shape index (κ2) is 8.23. The van der Waals surface area contributed by atoms with Crippen LogP contribution in [0.2, 0.25) is 0 Å². The molecule has 2 aromatic rings. The van der Waals surface area contributed by atoms with Gasteiger partial charge in [-0.1, -0.05) is 24.3 Å². The van der Waals surface area contributed by atoms with Gasteiger partial charge in [-0.25, -0.2) is 10.2 Å². The zero-order valence-electron chi connectivity index (χ0n) is 15.3. The van der Waals surface area contributed by atoms with Crippen molar-refractivity contribution in [3.8, 4) is 5.75 Å². The van der Waals surface area contributed by atoms with E-state index in [0.717, 1.165) is 11.1 Å². The summed E-state index contributed by atoms with van der Waals surface area (Å²) in [5, 5.41) is 9.69. The van der Waals surface area contributed by atoms with E-state index in [1.165, 1.54) is 0 Å². The molecule has 0 radical (unpaired) electrons. The highest BCUT2D eigenvalue weighted by molar-refractivity contribution is 7.64. The number of fused-ring (bicyclic) bond motifs is 1. The average molecular weight is 390 g/mol. The van der Waals surface area contributed by atoms with Crippen LogP contribution in [0.3, 0.4) is 0 Å². The molecule has 8 heteroatoms. The number of benzene rings is 2. The summed E-state index contributed by atoms with van der Waals surface area (Å²) in [5.74, 6) is 0.0217. The van der Waals surface area contributed by atoms with E-state index in [9.17, 15) is 14.6 Å². The normalized spacial score (nSPS) is 19.0. The molecule has 0 aromatic heterocycles. The molecule has 144 valence electrons. The first-order chi connectivity index (χ1) is 13.0. The van der Waals surface area contributed by atoms with Crippen LogP contribution >= 0.6 is 7.52 Å². The monoisotopic (exact) mass is 390 g/mol. The number of amides is 1. The van der Waals surface area contributed by atoms with Crippen LogP contribution in [0.15, 0.2) is 48.5 Å². The number of carbonyl (C=O) groups excluding carboxylic acids is 1. The Balaban J connectivity index is 2.07. The topological polar surface area (TPSA) is 88.1 Å². The molecule has 1 aliphatic rings. The number of hydrogen-bond acceptors (Lipinski definition) is 5. The van der Waals surface area contributed by atoms with E-state index < -0.39 is 19.5 Å². The minimum atomic E-state index is -3.55. The van der Waals surface area contributed by atoms with Gasteiger partial charge >= 0.3 is 7.52 Å². The molecule has 1 aliphatic heterocycles. The van der Waals surface area contributed by atoms with E-state index in [2.05, 4.69) is 0 Å². The summed E-state index contributed by atoms with van der Waals surface area (Å²) in [4.78, 5) is 12.4. The zero-order chi connectivity index (χ0) is 19.4. The summed E-state index contributed by atoms with van der Waals surface area (Å²) >= 11 is 0. The number of carbonyl (C=O) groups is 1. The van der Waals surface area contributed by atoms with E-state index in [4.69, 9.17) is 9.26 Å². The molecule has 0 saturated heterocycles. The van der Waals surface area contributed by atoms with E-state index in [-0.39, 0.29) is 13.2 Å². The maximum absolute atomic E-state index is 14.0. The highest BCUT2D eigenvalue weighted by Gasteiger charge is 2.44. The predicted molar refractivity (Wildman–Crippen MR) is 101 cm³/mol. The van der Waals surface area contributed by atoms with Crippen molar-refractivity contribution >= 4 is 18.7 Å². The van der Waals surface area contributed by atoms with Crippen LogP contribution < -0.4 is 15.5 Å². The lowest BCUT2D eigenvalue weighted by Crippen LogP contribution is -2.49. The minimum Gasteiger partial charge on any atom is -0.497 e. The molecule has 0 fully saturated rings. The van der Waals surface area contributed by atoms with Crippen LogP contribution in [0.25, 0.3) is 0 Å². The van der Waals surface area contributed by atoms with E-state index in [1.807, 2.05) is 24.3 Å². The summed E-state index contributed by atoms with van der Waals surface area (Å²) in [5.41, 5.74) is 3.67. The molecule has 27 heavy (non-hydrogen) atoms. The van der Waals surface area contributed by atoms with Gasteiger partial charge in [0.05, 0.1) is 19.0 Å². The van der Waals surface area contributed by atoms with Crippen molar-refractivity contribution in [2.24, 2.45) is 0 Å². The Morgan fingerprint density at radius 1 is 1.22 bits per heavy atom. The third-order valence-electron chi connectivity index (χ3n) is 4.68. The first-order valence-electron chi connectivity index (χ1n) is 8.70. The summed E-state index contributed by atoms with van der Waals surface area (Å²) < 4.78 is 26.5. The molecule has 0 bridgehead atoms. The van der Waals surface area contributed by atoms with Crippen molar-refractivity contribution < 1.29 is 23.8 Å². The van der Waals surface area contributed by atoms with Crippen LogP contribution in [0.5, 0.6) is 5.75 Å². The minimum absolute atomic E-state index is 0.217. The zero-order valence-corrected chi connectivity index (χ0v) is 16.2. The third kappa shape index (κ3) is 3.77. The number of ether oxygens (including phenoxy) is 1. The lowest BCUT2D eigenvalue weighted by atomic mass is 9.95. The number of hydrogen-bond donors (Lipinski definition) is 2. The smallest absolute Gasteiger partial charge is 0.303 e.